The van der Waals surface area contributed by atoms with Gasteiger partial charge in [0.25, 0.3) is 5.91 Å². The third-order valence-electron chi connectivity index (χ3n) is 4.95. The molecule has 0 spiro atoms. The van der Waals surface area contributed by atoms with E-state index in [0.29, 0.717) is 17.3 Å². The average Bonchev–Trinajstić information content (AvgIpc) is 3.18. The van der Waals surface area contributed by atoms with Crippen LogP contribution in [-0.4, -0.2) is 38.4 Å². The molecule has 8 heteroatoms. The second-order valence-corrected chi connectivity index (χ2v) is 8.03. The van der Waals surface area contributed by atoms with Crippen molar-refractivity contribution in [1.29, 1.82) is 0 Å². The Morgan fingerprint density at radius 2 is 1.93 bits per heavy atom. The van der Waals surface area contributed by atoms with Crippen LogP contribution >= 0.6 is 11.8 Å². The monoisotopic (exact) mass is 385 g/mol. The number of nitrogens with zero attached hydrogens (tertiary/aromatic N) is 3. The van der Waals surface area contributed by atoms with Gasteiger partial charge in [0.05, 0.1) is 17.0 Å². The molecule has 2 aromatic rings. The zero-order valence-corrected chi connectivity index (χ0v) is 15.9. The smallest absolute Gasteiger partial charge is 0.253 e. The van der Waals surface area contributed by atoms with Crippen molar-refractivity contribution in [2.45, 2.75) is 55.8 Å². The molecule has 2 saturated carbocycles. The second-order valence-electron chi connectivity index (χ2n) is 7.09. The highest BCUT2D eigenvalue weighted by Crippen LogP contribution is 2.37. The van der Waals surface area contributed by atoms with Crippen molar-refractivity contribution < 1.29 is 9.59 Å². The summed E-state index contributed by atoms with van der Waals surface area (Å²) >= 11 is 1.37. The van der Waals surface area contributed by atoms with Crippen LogP contribution in [0.4, 0.5) is 5.69 Å². The fourth-order valence-corrected chi connectivity index (χ4v) is 4.16. The normalized spacial score (nSPS) is 17.0. The first-order valence-electron chi connectivity index (χ1n) is 9.43. The number of para-hydroxylation sites is 1. The van der Waals surface area contributed by atoms with Crippen LogP contribution in [0.5, 0.6) is 0 Å². The molecular weight excluding hydrogens is 362 g/mol. The molecule has 0 atom stereocenters. The summed E-state index contributed by atoms with van der Waals surface area (Å²) in [5, 5.41) is 14.7. The molecule has 1 aromatic carbocycles. The highest BCUT2D eigenvalue weighted by molar-refractivity contribution is 7.99. The maximum absolute atomic E-state index is 12.6. The Hall–Kier alpha value is -2.35. The molecule has 2 amide bonds. The summed E-state index contributed by atoms with van der Waals surface area (Å²) in [6, 6.07) is 7.86. The van der Waals surface area contributed by atoms with Gasteiger partial charge in [-0.3, -0.25) is 9.59 Å². The maximum Gasteiger partial charge on any atom is 0.253 e. The molecular formula is C19H23N5O2S. The van der Waals surface area contributed by atoms with E-state index >= 15 is 0 Å². The SMILES string of the molecule is O=C(CSc1nncn1C1CC1)Nc1ccccc1C(=O)NC1CCCC1. The van der Waals surface area contributed by atoms with E-state index in [9.17, 15) is 9.59 Å². The highest BCUT2D eigenvalue weighted by Gasteiger charge is 2.26. The highest BCUT2D eigenvalue weighted by atomic mass is 32.2. The number of benzene rings is 1. The van der Waals surface area contributed by atoms with E-state index in [1.165, 1.54) is 11.8 Å². The summed E-state index contributed by atoms with van der Waals surface area (Å²) in [6.07, 6.45) is 8.37. The van der Waals surface area contributed by atoms with E-state index in [1.54, 1.807) is 18.5 Å². The van der Waals surface area contributed by atoms with Crippen molar-refractivity contribution in [3.63, 3.8) is 0 Å². The third-order valence-corrected chi connectivity index (χ3v) is 5.91. The van der Waals surface area contributed by atoms with Crippen LogP contribution in [-0.2, 0) is 4.79 Å². The van der Waals surface area contributed by atoms with Gasteiger partial charge in [-0.25, -0.2) is 0 Å². The molecule has 4 rings (SSSR count). The number of hydrogen-bond donors (Lipinski definition) is 2. The van der Waals surface area contributed by atoms with E-state index in [2.05, 4.69) is 20.8 Å². The van der Waals surface area contributed by atoms with Crippen LogP contribution in [0.25, 0.3) is 0 Å². The summed E-state index contributed by atoms with van der Waals surface area (Å²) in [6.45, 7) is 0. The van der Waals surface area contributed by atoms with Crippen molar-refractivity contribution in [2.75, 3.05) is 11.1 Å². The van der Waals surface area contributed by atoms with Crippen molar-refractivity contribution >= 4 is 29.3 Å². The summed E-state index contributed by atoms with van der Waals surface area (Å²) < 4.78 is 2.03. The fraction of sp³-hybridized carbons (Fsp3) is 0.474. The van der Waals surface area contributed by atoms with E-state index in [1.807, 2.05) is 16.7 Å². The Bertz CT molecular complexity index is 827. The Kier molecular flexibility index (Phi) is 5.42. The maximum atomic E-state index is 12.6. The Morgan fingerprint density at radius 3 is 2.70 bits per heavy atom. The molecule has 1 aromatic heterocycles. The van der Waals surface area contributed by atoms with Crippen molar-refractivity contribution in [1.82, 2.24) is 20.1 Å². The molecule has 0 aliphatic heterocycles. The van der Waals surface area contributed by atoms with Crippen molar-refractivity contribution in [3.05, 3.63) is 36.2 Å². The lowest BCUT2D eigenvalue weighted by molar-refractivity contribution is -0.113. The third kappa shape index (κ3) is 4.50. The summed E-state index contributed by atoms with van der Waals surface area (Å²) in [4.78, 5) is 25.0. The molecule has 0 saturated heterocycles. The van der Waals surface area contributed by atoms with Crippen LogP contribution in [0, 0.1) is 0 Å². The number of aromatic nitrogens is 3. The number of anilines is 1. The van der Waals surface area contributed by atoms with Gasteiger partial charge in [0.15, 0.2) is 5.16 Å². The number of rotatable bonds is 7. The first-order valence-corrected chi connectivity index (χ1v) is 10.4. The number of amides is 2. The molecule has 2 aliphatic rings. The van der Waals surface area contributed by atoms with Gasteiger partial charge in [-0.1, -0.05) is 36.7 Å². The minimum Gasteiger partial charge on any atom is -0.349 e. The molecule has 0 radical (unpaired) electrons. The predicted molar refractivity (Wildman–Crippen MR) is 104 cm³/mol. The number of nitrogens with one attached hydrogen (secondary N) is 2. The molecule has 2 fully saturated rings. The second kappa shape index (κ2) is 8.12. The average molecular weight is 385 g/mol. The van der Waals surface area contributed by atoms with Crippen molar-refractivity contribution in [3.8, 4) is 0 Å². The van der Waals surface area contributed by atoms with Gasteiger partial charge < -0.3 is 15.2 Å². The standard InChI is InChI=1S/C19H23N5O2S/c25-17(11-27-19-23-20-12-24(19)14-9-10-14)22-16-8-4-3-7-15(16)18(26)21-13-5-1-2-6-13/h3-4,7-8,12-14H,1-2,5-6,9-11H2,(H,21,26)(H,22,25). The predicted octanol–water partition coefficient (Wildman–Crippen LogP) is 3.02. The van der Waals surface area contributed by atoms with Crippen LogP contribution in [0.15, 0.2) is 35.7 Å². The van der Waals surface area contributed by atoms with Gasteiger partial charge in [0, 0.05) is 12.1 Å². The molecule has 27 heavy (non-hydrogen) atoms. The Morgan fingerprint density at radius 1 is 1.15 bits per heavy atom. The Labute approximate surface area is 162 Å². The topological polar surface area (TPSA) is 88.9 Å². The fourth-order valence-electron chi connectivity index (χ4n) is 3.38. The van der Waals surface area contributed by atoms with Gasteiger partial charge in [0.1, 0.15) is 6.33 Å². The lowest BCUT2D eigenvalue weighted by Crippen LogP contribution is -2.33. The summed E-state index contributed by atoms with van der Waals surface area (Å²) in [5.41, 5.74) is 1.05. The van der Waals surface area contributed by atoms with Crippen LogP contribution in [0.3, 0.4) is 0 Å². The van der Waals surface area contributed by atoms with Gasteiger partial charge >= 0.3 is 0 Å². The summed E-state index contributed by atoms with van der Waals surface area (Å²) in [5.74, 6) is -0.0605. The number of hydrogen-bond acceptors (Lipinski definition) is 5. The van der Waals surface area contributed by atoms with E-state index in [-0.39, 0.29) is 23.6 Å². The zero-order valence-electron chi connectivity index (χ0n) is 15.1. The van der Waals surface area contributed by atoms with Crippen LogP contribution in [0.1, 0.15) is 54.9 Å². The molecule has 0 unspecified atom stereocenters. The molecule has 0 bridgehead atoms. The van der Waals surface area contributed by atoms with Crippen LogP contribution < -0.4 is 10.6 Å². The molecule has 1 heterocycles. The zero-order chi connectivity index (χ0) is 18.6. The summed E-state index contributed by atoms with van der Waals surface area (Å²) in [7, 11) is 0. The number of carbonyl (C=O) groups excluding carboxylic acids is 2. The van der Waals surface area contributed by atoms with Crippen molar-refractivity contribution in [2.24, 2.45) is 0 Å². The number of carbonyl (C=O) groups is 2. The Balaban J connectivity index is 1.36. The minimum atomic E-state index is -0.161. The molecule has 2 aliphatic carbocycles. The first-order chi connectivity index (χ1) is 13.2. The van der Waals surface area contributed by atoms with Gasteiger partial charge in [-0.15, -0.1) is 10.2 Å². The molecule has 142 valence electrons. The van der Waals surface area contributed by atoms with Gasteiger partial charge in [0.2, 0.25) is 5.91 Å². The van der Waals surface area contributed by atoms with Gasteiger partial charge in [-0.05, 0) is 37.8 Å². The van der Waals surface area contributed by atoms with E-state index in [4.69, 9.17) is 0 Å². The lowest BCUT2D eigenvalue weighted by Gasteiger charge is -2.15. The molecule has 2 N–H and O–H groups in total. The largest absolute Gasteiger partial charge is 0.349 e. The quantitative estimate of drug-likeness (QED) is 0.715. The van der Waals surface area contributed by atoms with E-state index < -0.39 is 0 Å². The molecule has 7 nitrogen and oxygen atoms in total. The van der Waals surface area contributed by atoms with E-state index in [0.717, 1.165) is 43.7 Å². The van der Waals surface area contributed by atoms with Crippen LogP contribution in [0.2, 0.25) is 0 Å². The van der Waals surface area contributed by atoms with Gasteiger partial charge in [-0.2, -0.15) is 0 Å². The number of thioether (sulfide) groups is 1. The minimum absolute atomic E-state index is 0.126. The lowest BCUT2D eigenvalue weighted by atomic mass is 10.1. The first kappa shape index (κ1) is 18.0.